The molecule has 0 radical (unpaired) electrons. The molecule has 0 bridgehead atoms. The van der Waals surface area contributed by atoms with Crippen molar-refractivity contribution < 1.29 is 9.53 Å². The number of aromatic nitrogens is 2. The van der Waals surface area contributed by atoms with Crippen molar-refractivity contribution in [1.82, 2.24) is 14.9 Å². The van der Waals surface area contributed by atoms with Crippen LogP contribution in [-0.2, 0) is 17.7 Å². The van der Waals surface area contributed by atoms with Gasteiger partial charge in [0.15, 0.2) is 0 Å². The van der Waals surface area contributed by atoms with Crippen molar-refractivity contribution in [3.05, 3.63) is 70.3 Å². The van der Waals surface area contributed by atoms with Gasteiger partial charge < -0.3 is 15.4 Å². The Hall–Kier alpha value is -3.19. The molecule has 1 unspecified atom stereocenters. The summed E-state index contributed by atoms with van der Waals surface area (Å²) in [5.74, 6) is 0.489. The van der Waals surface area contributed by atoms with Gasteiger partial charge in [0.2, 0.25) is 0 Å². The number of methoxy groups -OCH3 is 1. The predicted octanol–water partition coefficient (Wildman–Crippen LogP) is 3.49. The molecular formula is C22H26N4O3. The van der Waals surface area contributed by atoms with Gasteiger partial charge >= 0.3 is 6.03 Å². The monoisotopic (exact) mass is 394 g/mol. The van der Waals surface area contributed by atoms with Crippen molar-refractivity contribution in [2.75, 3.05) is 19.0 Å². The topological polar surface area (TPSA) is 85.3 Å². The van der Waals surface area contributed by atoms with Gasteiger partial charge in [-0.3, -0.25) is 9.36 Å². The highest BCUT2D eigenvalue weighted by molar-refractivity contribution is 5.89. The third kappa shape index (κ3) is 4.81. The maximum Gasteiger partial charge on any atom is 0.319 e. The predicted molar refractivity (Wildman–Crippen MR) is 114 cm³/mol. The van der Waals surface area contributed by atoms with Gasteiger partial charge in [-0.2, -0.15) is 0 Å². The molecule has 152 valence electrons. The minimum atomic E-state index is -0.474. The Morgan fingerprint density at radius 3 is 2.76 bits per heavy atom. The van der Waals surface area contributed by atoms with E-state index in [1.165, 1.54) is 0 Å². The van der Waals surface area contributed by atoms with E-state index in [0.29, 0.717) is 29.9 Å². The summed E-state index contributed by atoms with van der Waals surface area (Å²) in [4.78, 5) is 30.1. The first-order valence-corrected chi connectivity index (χ1v) is 9.68. The van der Waals surface area contributed by atoms with Crippen molar-refractivity contribution in [1.29, 1.82) is 0 Å². The molecule has 29 heavy (non-hydrogen) atoms. The summed E-state index contributed by atoms with van der Waals surface area (Å²) in [6.07, 6.45) is 0.889. The standard InChI is InChI=1S/C22H26N4O3/c1-4-16-8-7-9-17(14-16)24-22(28)23-15(2)20-25-19-11-6-5-10-18(19)21(27)26(20)12-13-29-3/h5-11,14-15H,4,12-13H2,1-3H3,(H2,23,24,28). The largest absolute Gasteiger partial charge is 0.383 e. The fraction of sp³-hybridized carbons (Fsp3) is 0.318. The lowest BCUT2D eigenvalue weighted by atomic mass is 10.1. The van der Waals surface area contributed by atoms with Gasteiger partial charge in [0, 0.05) is 12.8 Å². The molecule has 0 aliphatic carbocycles. The van der Waals surface area contributed by atoms with Crippen LogP contribution in [0.1, 0.15) is 31.3 Å². The van der Waals surface area contributed by atoms with Crippen LogP contribution in [0, 0.1) is 0 Å². The lowest BCUT2D eigenvalue weighted by Crippen LogP contribution is -2.36. The Morgan fingerprint density at radius 2 is 2.00 bits per heavy atom. The normalized spacial score (nSPS) is 12.0. The second-order valence-corrected chi connectivity index (χ2v) is 6.81. The van der Waals surface area contributed by atoms with E-state index in [-0.39, 0.29) is 11.6 Å². The van der Waals surface area contributed by atoms with E-state index in [0.717, 1.165) is 17.7 Å². The van der Waals surface area contributed by atoms with Crippen molar-refractivity contribution in [2.45, 2.75) is 32.9 Å². The summed E-state index contributed by atoms with van der Waals surface area (Å²) in [6, 6.07) is 14.1. The number of nitrogens with one attached hydrogen (secondary N) is 2. The third-order valence-electron chi connectivity index (χ3n) is 4.74. The first-order chi connectivity index (χ1) is 14.0. The number of para-hydroxylation sites is 1. The number of fused-ring (bicyclic) bond motifs is 1. The second-order valence-electron chi connectivity index (χ2n) is 6.81. The lowest BCUT2D eigenvalue weighted by Gasteiger charge is -2.20. The van der Waals surface area contributed by atoms with Gasteiger partial charge in [-0.25, -0.2) is 9.78 Å². The van der Waals surface area contributed by atoms with E-state index in [1.807, 2.05) is 43.3 Å². The van der Waals surface area contributed by atoms with E-state index < -0.39 is 6.04 Å². The van der Waals surface area contributed by atoms with Crippen LogP contribution >= 0.6 is 0 Å². The van der Waals surface area contributed by atoms with Crippen LogP contribution in [0.15, 0.2) is 53.3 Å². The summed E-state index contributed by atoms with van der Waals surface area (Å²) in [7, 11) is 1.58. The Labute approximate surface area is 169 Å². The van der Waals surface area contributed by atoms with Crippen LogP contribution in [0.3, 0.4) is 0 Å². The van der Waals surface area contributed by atoms with Crippen LogP contribution in [0.25, 0.3) is 10.9 Å². The Morgan fingerprint density at radius 1 is 1.21 bits per heavy atom. The van der Waals surface area contributed by atoms with E-state index in [1.54, 1.807) is 23.8 Å². The molecule has 2 N–H and O–H groups in total. The highest BCUT2D eigenvalue weighted by Crippen LogP contribution is 2.15. The Balaban J connectivity index is 1.86. The number of ether oxygens (including phenoxy) is 1. The number of rotatable bonds is 7. The zero-order chi connectivity index (χ0) is 20.8. The average Bonchev–Trinajstić information content (AvgIpc) is 2.73. The third-order valence-corrected chi connectivity index (χ3v) is 4.74. The van der Waals surface area contributed by atoms with Gasteiger partial charge in [-0.1, -0.05) is 31.2 Å². The van der Waals surface area contributed by atoms with E-state index in [9.17, 15) is 9.59 Å². The molecule has 1 atom stereocenters. The minimum Gasteiger partial charge on any atom is -0.383 e. The zero-order valence-corrected chi connectivity index (χ0v) is 16.9. The highest BCUT2D eigenvalue weighted by atomic mass is 16.5. The number of hydrogen-bond donors (Lipinski definition) is 2. The van der Waals surface area contributed by atoms with Crippen LogP contribution in [-0.4, -0.2) is 29.3 Å². The molecule has 1 heterocycles. The van der Waals surface area contributed by atoms with Crippen LogP contribution < -0.4 is 16.2 Å². The molecule has 0 aliphatic rings. The summed E-state index contributed by atoms with van der Waals surface area (Å²) < 4.78 is 6.71. The fourth-order valence-electron chi connectivity index (χ4n) is 3.21. The van der Waals surface area contributed by atoms with Gasteiger partial charge in [-0.15, -0.1) is 0 Å². The van der Waals surface area contributed by atoms with Gasteiger partial charge in [0.1, 0.15) is 5.82 Å². The molecule has 0 saturated carbocycles. The smallest absolute Gasteiger partial charge is 0.319 e. The van der Waals surface area contributed by atoms with Gasteiger partial charge in [0.25, 0.3) is 5.56 Å². The number of benzene rings is 2. The van der Waals surface area contributed by atoms with Crippen LogP contribution in [0.2, 0.25) is 0 Å². The fourth-order valence-corrected chi connectivity index (χ4v) is 3.21. The van der Waals surface area contributed by atoms with Crippen molar-refractivity contribution in [2.24, 2.45) is 0 Å². The zero-order valence-electron chi connectivity index (χ0n) is 16.9. The Bertz CT molecular complexity index is 1060. The minimum absolute atomic E-state index is 0.146. The average molecular weight is 394 g/mol. The number of carbonyl (C=O) groups is 1. The van der Waals surface area contributed by atoms with E-state index >= 15 is 0 Å². The number of anilines is 1. The van der Waals surface area contributed by atoms with Crippen molar-refractivity contribution in [3.8, 4) is 0 Å². The van der Waals surface area contributed by atoms with Crippen LogP contribution in [0.4, 0.5) is 10.5 Å². The van der Waals surface area contributed by atoms with Crippen molar-refractivity contribution in [3.63, 3.8) is 0 Å². The molecule has 0 saturated heterocycles. The number of amides is 2. The number of aryl methyl sites for hydroxylation is 1. The van der Waals surface area contributed by atoms with Gasteiger partial charge in [-0.05, 0) is 43.2 Å². The number of carbonyl (C=O) groups excluding carboxylic acids is 1. The molecule has 0 spiro atoms. The maximum absolute atomic E-state index is 12.9. The van der Waals surface area contributed by atoms with E-state index in [2.05, 4.69) is 22.5 Å². The number of hydrogen-bond acceptors (Lipinski definition) is 4. The lowest BCUT2D eigenvalue weighted by molar-refractivity contribution is 0.184. The number of urea groups is 1. The highest BCUT2D eigenvalue weighted by Gasteiger charge is 2.18. The molecule has 0 fully saturated rings. The molecule has 3 aromatic rings. The molecule has 3 rings (SSSR count). The Kier molecular flexibility index (Phi) is 6.61. The SMILES string of the molecule is CCc1cccc(NC(=O)NC(C)c2nc3ccccc3c(=O)n2CCOC)c1. The molecule has 0 aliphatic heterocycles. The maximum atomic E-state index is 12.9. The molecule has 1 aromatic heterocycles. The summed E-state index contributed by atoms with van der Waals surface area (Å²) in [6.45, 7) is 4.60. The second kappa shape index (κ2) is 9.34. The molecule has 2 amide bonds. The van der Waals surface area contributed by atoms with E-state index in [4.69, 9.17) is 4.74 Å². The summed E-state index contributed by atoms with van der Waals surface area (Å²) in [5.41, 5.74) is 2.32. The first kappa shape index (κ1) is 20.5. The molecule has 7 heteroatoms. The van der Waals surface area contributed by atoms with Gasteiger partial charge in [0.05, 0.1) is 30.1 Å². The summed E-state index contributed by atoms with van der Waals surface area (Å²) in [5, 5.41) is 6.26. The number of nitrogens with zero attached hydrogens (tertiary/aromatic N) is 2. The molecular weight excluding hydrogens is 368 g/mol. The molecule has 2 aromatic carbocycles. The molecule has 7 nitrogen and oxygen atoms in total. The van der Waals surface area contributed by atoms with Crippen LogP contribution in [0.5, 0.6) is 0 Å². The summed E-state index contributed by atoms with van der Waals surface area (Å²) >= 11 is 0. The quantitative estimate of drug-likeness (QED) is 0.642. The first-order valence-electron chi connectivity index (χ1n) is 9.68. The van der Waals surface area contributed by atoms with Crippen molar-refractivity contribution >= 4 is 22.6 Å².